The molecule has 7 heteroatoms. The average Bonchev–Trinajstić information content (AvgIpc) is 2.98. The molecule has 0 saturated carbocycles. The molecule has 6 nitrogen and oxygen atoms in total. The quantitative estimate of drug-likeness (QED) is 0.295. The van der Waals surface area contributed by atoms with Gasteiger partial charge in [0.25, 0.3) is 0 Å². The van der Waals surface area contributed by atoms with Crippen molar-refractivity contribution in [2.45, 2.75) is 45.8 Å². The smallest absolute Gasteiger partial charge is 0.193 e. The number of rotatable bonds is 6. The molecule has 0 atom stereocenters. The van der Waals surface area contributed by atoms with E-state index in [1.807, 2.05) is 13.1 Å². The van der Waals surface area contributed by atoms with Gasteiger partial charge in [0.05, 0.1) is 17.1 Å². The number of guanidine groups is 1. The molecule has 27 heavy (non-hydrogen) atoms. The first kappa shape index (κ1) is 21.9. The molecule has 3 rings (SSSR count). The van der Waals surface area contributed by atoms with Gasteiger partial charge in [0.1, 0.15) is 5.82 Å². The van der Waals surface area contributed by atoms with Crippen LogP contribution in [0.15, 0.2) is 29.3 Å². The number of ether oxygens (including phenoxy) is 1. The van der Waals surface area contributed by atoms with Gasteiger partial charge in [-0.15, -0.1) is 24.0 Å². The Bertz CT molecular complexity index is 737. The Morgan fingerprint density at radius 1 is 1.30 bits per heavy atom. The summed E-state index contributed by atoms with van der Waals surface area (Å²) in [5, 5.41) is 3.52. The van der Waals surface area contributed by atoms with Gasteiger partial charge in [-0.05, 0) is 45.2 Å². The summed E-state index contributed by atoms with van der Waals surface area (Å²) < 4.78 is 8.03. The zero-order valence-corrected chi connectivity index (χ0v) is 19.0. The molecular weight excluding hydrogens is 453 g/mol. The Morgan fingerprint density at radius 3 is 2.74 bits per heavy atom. The molecule has 0 spiro atoms. The number of hydrogen-bond acceptors (Lipinski definition) is 3. The van der Waals surface area contributed by atoms with Gasteiger partial charge in [-0.25, -0.2) is 4.98 Å². The molecule has 1 N–H and O–H groups in total. The van der Waals surface area contributed by atoms with Gasteiger partial charge in [-0.1, -0.05) is 12.1 Å². The number of aryl methyl sites for hydroxylation is 2. The van der Waals surface area contributed by atoms with Gasteiger partial charge in [0.15, 0.2) is 5.96 Å². The molecule has 1 aromatic carbocycles. The van der Waals surface area contributed by atoms with E-state index >= 15 is 0 Å². The number of likely N-dealkylation sites (tertiary alicyclic amines) is 1. The summed E-state index contributed by atoms with van der Waals surface area (Å²) in [6.07, 6.45) is 3.60. The number of para-hydroxylation sites is 2. The third-order valence-corrected chi connectivity index (χ3v) is 5.04. The number of nitrogens with one attached hydrogen (secondary N) is 1. The zero-order valence-electron chi connectivity index (χ0n) is 16.6. The van der Waals surface area contributed by atoms with Crippen LogP contribution in [0, 0.1) is 6.92 Å². The van der Waals surface area contributed by atoms with Crippen molar-refractivity contribution in [3.05, 3.63) is 30.1 Å². The van der Waals surface area contributed by atoms with E-state index < -0.39 is 0 Å². The molecule has 1 aromatic heterocycles. The number of aromatic nitrogens is 2. The van der Waals surface area contributed by atoms with Gasteiger partial charge in [0, 0.05) is 39.8 Å². The Kier molecular flexibility index (Phi) is 8.82. The molecule has 2 heterocycles. The fourth-order valence-corrected chi connectivity index (χ4v) is 3.72. The van der Waals surface area contributed by atoms with E-state index in [4.69, 9.17) is 4.74 Å². The lowest BCUT2D eigenvalue weighted by Gasteiger charge is -2.34. The minimum Gasteiger partial charge on any atom is -0.378 e. The lowest BCUT2D eigenvalue weighted by Crippen LogP contribution is -2.47. The minimum absolute atomic E-state index is 0. The van der Waals surface area contributed by atoms with E-state index in [0.717, 1.165) is 69.3 Å². The minimum atomic E-state index is 0. The fourth-order valence-electron chi connectivity index (χ4n) is 3.72. The van der Waals surface area contributed by atoms with Crippen LogP contribution in [-0.2, 0) is 11.3 Å². The maximum absolute atomic E-state index is 5.74. The molecule has 0 bridgehead atoms. The molecular formula is C20H32IN5O. The van der Waals surface area contributed by atoms with E-state index in [1.165, 1.54) is 5.52 Å². The SMILES string of the molecule is CCOC1CCN(C(=NC)NCCCn2c(C)nc3ccccc32)CC1.I. The highest BCUT2D eigenvalue weighted by molar-refractivity contribution is 14.0. The lowest BCUT2D eigenvalue weighted by atomic mass is 10.1. The van der Waals surface area contributed by atoms with Crippen molar-refractivity contribution in [1.82, 2.24) is 19.8 Å². The summed E-state index contributed by atoms with van der Waals surface area (Å²) >= 11 is 0. The van der Waals surface area contributed by atoms with Crippen molar-refractivity contribution < 1.29 is 4.74 Å². The summed E-state index contributed by atoms with van der Waals surface area (Å²) in [5.41, 5.74) is 2.29. The molecule has 2 aromatic rings. The van der Waals surface area contributed by atoms with Crippen LogP contribution in [0.5, 0.6) is 0 Å². The van der Waals surface area contributed by atoms with Gasteiger partial charge < -0.3 is 19.5 Å². The number of imidazole rings is 1. The first-order valence-electron chi connectivity index (χ1n) is 9.72. The summed E-state index contributed by atoms with van der Waals surface area (Å²) in [7, 11) is 1.87. The first-order valence-corrected chi connectivity index (χ1v) is 9.72. The number of hydrogen-bond donors (Lipinski definition) is 1. The second kappa shape index (κ2) is 10.8. The van der Waals surface area contributed by atoms with Gasteiger partial charge in [-0.3, -0.25) is 4.99 Å². The van der Waals surface area contributed by atoms with Crippen molar-refractivity contribution in [3.8, 4) is 0 Å². The monoisotopic (exact) mass is 485 g/mol. The van der Waals surface area contributed by atoms with Crippen LogP contribution >= 0.6 is 24.0 Å². The Balaban J connectivity index is 0.00000261. The highest BCUT2D eigenvalue weighted by Crippen LogP contribution is 2.16. The number of piperidine rings is 1. The van der Waals surface area contributed by atoms with Crippen LogP contribution in [0.25, 0.3) is 11.0 Å². The van der Waals surface area contributed by atoms with Crippen molar-refractivity contribution in [1.29, 1.82) is 0 Å². The maximum Gasteiger partial charge on any atom is 0.193 e. The standard InChI is InChI=1S/C20H31N5O.HI/c1-4-26-17-10-14-24(15-11-17)20(21-3)22-12-7-13-25-16(2)23-18-8-5-6-9-19(18)25;/h5-6,8-9,17H,4,7,10-15H2,1-3H3,(H,21,22);1H. The van der Waals surface area contributed by atoms with Crippen molar-refractivity contribution in [2.24, 2.45) is 4.99 Å². The molecule has 150 valence electrons. The molecule has 1 fully saturated rings. The second-order valence-corrected chi connectivity index (χ2v) is 6.77. The van der Waals surface area contributed by atoms with Crippen LogP contribution in [0.3, 0.4) is 0 Å². The molecule has 0 unspecified atom stereocenters. The van der Waals surface area contributed by atoms with Crippen LogP contribution in [0.1, 0.15) is 32.0 Å². The van der Waals surface area contributed by atoms with Crippen LogP contribution in [-0.4, -0.2) is 59.8 Å². The van der Waals surface area contributed by atoms with Crippen molar-refractivity contribution >= 4 is 41.0 Å². The fraction of sp³-hybridized carbons (Fsp3) is 0.600. The number of nitrogens with zero attached hydrogens (tertiary/aromatic N) is 4. The van der Waals surface area contributed by atoms with E-state index in [9.17, 15) is 0 Å². The molecule has 1 saturated heterocycles. The zero-order chi connectivity index (χ0) is 18.4. The average molecular weight is 485 g/mol. The molecule has 0 aliphatic carbocycles. The molecule has 0 amide bonds. The number of halogens is 1. The Hall–Kier alpha value is -1.35. The second-order valence-electron chi connectivity index (χ2n) is 6.77. The summed E-state index contributed by atoms with van der Waals surface area (Å²) in [4.78, 5) is 11.4. The van der Waals surface area contributed by atoms with Crippen LogP contribution < -0.4 is 5.32 Å². The van der Waals surface area contributed by atoms with Crippen molar-refractivity contribution in [3.63, 3.8) is 0 Å². The van der Waals surface area contributed by atoms with E-state index in [0.29, 0.717) is 6.10 Å². The first-order chi connectivity index (χ1) is 12.7. The largest absolute Gasteiger partial charge is 0.378 e. The maximum atomic E-state index is 5.74. The van der Waals surface area contributed by atoms with E-state index in [1.54, 1.807) is 0 Å². The predicted molar refractivity (Wildman–Crippen MR) is 122 cm³/mol. The van der Waals surface area contributed by atoms with Gasteiger partial charge in [-0.2, -0.15) is 0 Å². The third kappa shape index (κ3) is 5.57. The normalized spacial score (nSPS) is 15.8. The number of benzene rings is 1. The summed E-state index contributed by atoms with van der Waals surface area (Å²) in [6, 6.07) is 8.33. The summed E-state index contributed by atoms with van der Waals surface area (Å²) in [5.74, 6) is 2.08. The predicted octanol–water partition coefficient (Wildman–Crippen LogP) is 3.43. The molecule has 1 aliphatic heterocycles. The van der Waals surface area contributed by atoms with Gasteiger partial charge >= 0.3 is 0 Å². The topological polar surface area (TPSA) is 54.7 Å². The highest BCUT2D eigenvalue weighted by Gasteiger charge is 2.21. The molecule has 0 radical (unpaired) electrons. The van der Waals surface area contributed by atoms with Crippen LogP contribution in [0.2, 0.25) is 0 Å². The Labute approximate surface area is 179 Å². The van der Waals surface area contributed by atoms with E-state index in [2.05, 4.69) is 56.8 Å². The lowest BCUT2D eigenvalue weighted by molar-refractivity contribution is 0.0264. The number of fused-ring (bicyclic) bond motifs is 1. The third-order valence-electron chi connectivity index (χ3n) is 5.04. The highest BCUT2D eigenvalue weighted by atomic mass is 127. The van der Waals surface area contributed by atoms with E-state index in [-0.39, 0.29) is 24.0 Å². The van der Waals surface area contributed by atoms with Gasteiger partial charge in [0.2, 0.25) is 0 Å². The van der Waals surface area contributed by atoms with Crippen molar-refractivity contribution in [2.75, 3.05) is 33.3 Å². The Morgan fingerprint density at radius 2 is 2.04 bits per heavy atom. The number of aliphatic imine (C=N–C) groups is 1. The summed E-state index contributed by atoms with van der Waals surface area (Å²) in [6.45, 7) is 8.84. The van der Waals surface area contributed by atoms with Crippen LogP contribution in [0.4, 0.5) is 0 Å². The molecule has 1 aliphatic rings.